The van der Waals surface area contributed by atoms with Crippen LogP contribution in [0.1, 0.15) is 20.3 Å². The Bertz CT molecular complexity index is 401. The first-order valence-corrected chi connectivity index (χ1v) is 7.08. The molecule has 0 radical (unpaired) electrons. The molecule has 8 heteroatoms. The van der Waals surface area contributed by atoms with Crippen molar-refractivity contribution in [1.29, 1.82) is 0 Å². The maximum absolute atomic E-state index is 12.9. The van der Waals surface area contributed by atoms with Crippen LogP contribution in [0.2, 0.25) is 0 Å². The van der Waals surface area contributed by atoms with Gasteiger partial charge in [-0.1, -0.05) is 13.8 Å². The molecule has 2 rings (SSSR count). The Labute approximate surface area is 122 Å². The zero-order valence-electron chi connectivity index (χ0n) is 12.2. The van der Waals surface area contributed by atoms with Gasteiger partial charge in [-0.15, -0.1) is 0 Å². The van der Waals surface area contributed by atoms with Gasteiger partial charge in [-0.05, 0) is 18.4 Å². The lowest BCUT2D eigenvalue weighted by Gasteiger charge is -2.28. The molecule has 2 aliphatic rings. The van der Waals surface area contributed by atoms with Crippen molar-refractivity contribution in [3.05, 3.63) is 0 Å². The number of rotatable bonds is 3. The SMILES string of the molecule is CC1(C)CN(C(=O)NC(CCN)C(F)(F)F)[C@@H]2COC[C@@H]21. The first-order valence-electron chi connectivity index (χ1n) is 7.08. The minimum Gasteiger partial charge on any atom is -0.379 e. The van der Waals surface area contributed by atoms with Crippen LogP contribution in [0.25, 0.3) is 0 Å². The van der Waals surface area contributed by atoms with Gasteiger partial charge < -0.3 is 20.7 Å². The summed E-state index contributed by atoms with van der Waals surface area (Å²) in [5.74, 6) is 0.169. The zero-order valence-corrected chi connectivity index (χ0v) is 12.2. The molecule has 2 fully saturated rings. The van der Waals surface area contributed by atoms with E-state index in [2.05, 4.69) is 5.32 Å². The summed E-state index contributed by atoms with van der Waals surface area (Å²) >= 11 is 0. The second-order valence-electron chi connectivity index (χ2n) is 6.45. The summed E-state index contributed by atoms with van der Waals surface area (Å²) in [4.78, 5) is 13.7. The third-order valence-corrected chi connectivity index (χ3v) is 4.44. The minimum absolute atomic E-state index is 0.134. The molecule has 2 saturated heterocycles. The van der Waals surface area contributed by atoms with Gasteiger partial charge >= 0.3 is 12.2 Å². The number of nitrogens with zero attached hydrogens (tertiary/aromatic N) is 1. The minimum atomic E-state index is -4.49. The first kappa shape index (κ1) is 16.4. The van der Waals surface area contributed by atoms with Crippen molar-refractivity contribution in [2.45, 2.75) is 38.5 Å². The van der Waals surface area contributed by atoms with Gasteiger partial charge in [-0.2, -0.15) is 13.2 Å². The number of ether oxygens (including phenoxy) is 1. The van der Waals surface area contributed by atoms with E-state index in [1.54, 1.807) is 0 Å². The average Bonchev–Trinajstić information content (AvgIpc) is 2.91. The van der Waals surface area contributed by atoms with Gasteiger partial charge in [-0.3, -0.25) is 0 Å². The molecule has 3 N–H and O–H groups in total. The topological polar surface area (TPSA) is 67.6 Å². The van der Waals surface area contributed by atoms with Crippen LogP contribution < -0.4 is 11.1 Å². The van der Waals surface area contributed by atoms with Gasteiger partial charge in [0.25, 0.3) is 0 Å². The van der Waals surface area contributed by atoms with Gasteiger partial charge in [0.15, 0.2) is 0 Å². The molecule has 0 spiro atoms. The van der Waals surface area contributed by atoms with Crippen LogP contribution >= 0.6 is 0 Å². The Hall–Kier alpha value is -1.02. The number of alkyl halides is 3. The Morgan fingerprint density at radius 2 is 2.14 bits per heavy atom. The summed E-state index contributed by atoms with van der Waals surface area (Å²) in [6.45, 7) is 5.25. The number of halogens is 3. The molecule has 0 saturated carbocycles. The highest BCUT2D eigenvalue weighted by molar-refractivity contribution is 5.75. The second-order valence-corrected chi connectivity index (χ2v) is 6.45. The molecule has 2 heterocycles. The standard InChI is InChI=1S/C13H22F3N3O2/c1-12(2)7-19(9-6-21-5-8(9)12)11(20)18-10(3-4-17)13(14,15)16/h8-10H,3-7,17H2,1-2H3,(H,18,20)/t8-,9+,10?/m0/s1. The van der Waals surface area contributed by atoms with E-state index in [9.17, 15) is 18.0 Å². The fourth-order valence-electron chi connectivity index (χ4n) is 3.21. The molecular weight excluding hydrogens is 287 g/mol. The smallest absolute Gasteiger partial charge is 0.379 e. The lowest BCUT2D eigenvalue weighted by atomic mass is 9.80. The van der Waals surface area contributed by atoms with Gasteiger partial charge in [0.2, 0.25) is 0 Å². The summed E-state index contributed by atoms with van der Waals surface area (Å²) in [7, 11) is 0. The van der Waals surface area contributed by atoms with E-state index in [1.165, 1.54) is 4.90 Å². The zero-order chi connectivity index (χ0) is 15.8. The summed E-state index contributed by atoms with van der Waals surface area (Å²) < 4.78 is 44.0. The van der Waals surface area contributed by atoms with Crippen LogP contribution in [-0.2, 0) is 4.74 Å². The molecule has 122 valence electrons. The summed E-state index contributed by atoms with van der Waals surface area (Å²) in [5.41, 5.74) is 5.05. The van der Waals surface area contributed by atoms with Crippen molar-refractivity contribution in [2.75, 3.05) is 26.3 Å². The maximum atomic E-state index is 12.9. The van der Waals surface area contributed by atoms with Crippen molar-refractivity contribution in [1.82, 2.24) is 10.2 Å². The van der Waals surface area contributed by atoms with Crippen LogP contribution in [-0.4, -0.2) is 55.5 Å². The molecule has 2 amide bonds. The van der Waals surface area contributed by atoms with E-state index in [-0.39, 0.29) is 30.3 Å². The Balaban J connectivity index is 2.06. The Morgan fingerprint density at radius 3 is 2.71 bits per heavy atom. The fraction of sp³-hybridized carbons (Fsp3) is 0.923. The highest BCUT2D eigenvalue weighted by Crippen LogP contribution is 2.43. The van der Waals surface area contributed by atoms with E-state index >= 15 is 0 Å². The molecule has 0 aliphatic carbocycles. The fourth-order valence-corrected chi connectivity index (χ4v) is 3.21. The van der Waals surface area contributed by atoms with E-state index < -0.39 is 18.2 Å². The average molecular weight is 309 g/mol. The summed E-state index contributed by atoms with van der Waals surface area (Å²) in [6, 6.07) is -2.73. The predicted molar refractivity (Wildman–Crippen MR) is 70.6 cm³/mol. The van der Waals surface area contributed by atoms with Crippen molar-refractivity contribution in [3.63, 3.8) is 0 Å². The molecule has 21 heavy (non-hydrogen) atoms. The summed E-state index contributed by atoms with van der Waals surface area (Å²) in [5, 5.41) is 2.08. The first-order chi connectivity index (χ1) is 9.66. The van der Waals surface area contributed by atoms with E-state index in [0.29, 0.717) is 19.8 Å². The molecule has 2 aliphatic heterocycles. The van der Waals surface area contributed by atoms with Crippen LogP contribution in [0.4, 0.5) is 18.0 Å². The Morgan fingerprint density at radius 1 is 1.48 bits per heavy atom. The van der Waals surface area contributed by atoms with Crippen LogP contribution in [0.5, 0.6) is 0 Å². The molecular formula is C13H22F3N3O2. The highest BCUT2D eigenvalue weighted by atomic mass is 19.4. The molecule has 3 atom stereocenters. The van der Waals surface area contributed by atoms with Gasteiger partial charge in [0.1, 0.15) is 6.04 Å². The number of carbonyl (C=O) groups is 1. The van der Waals surface area contributed by atoms with Crippen molar-refractivity contribution >= 4 is 6.03 Å². The molecule has 0 aromatic rings. The quantitative estimate of drug-likeness (QED) is 0.826. The third-order valence-electron chi connectivity index (χ3n) is 4.44. The van der Waals surface area contributed by atoms with Crippen LogP contribution in [0.15, 0.2) is 0 Å². The van der Waals surface area contributed by atoms with Gasteiger partial charge in [0.05, 0.1) is 19.3 Å². The number of nitrogens with one attached hydrogen (secondary N) is 1. The largest absolute Gasteiger partial charge is 0.408 e. The number of urea groups is 1. The van der Waals surface area contributed by atoms with Crippen molar-refractivity contribution < 1.29 is 22.7 Å². The number of likely N-dealkylation sites (tertiary alicyclic amines) is 1. The second kappa shape index (κ2) is 5.64. The number of fused-ring (bicyclic) bond motifs is 1. The lowest BCUT2D eigenvalue weighted by molar-refractivity contribution is -0.154. The lowest BCUT2D eigenvalue weighted by Crippen LogP contribution is -2.53. The molecule has 5 nitrogen and oxygen atoms in total. The van der Waals surface area contributed by atoms with Crippen LogP contribution in [0.3, 0.4) is 0 Å². The number of hydrogen-bond donors (Lipinski definition) is 2. The van der Waals surface area contributed by atoms with E-state index in [1.807, 2.05) is 13.8 Å². The van der Waals surface area contributed by atoms with Gasteiger partial charge in [-0.25, -0.2) is 4.79 Å². The van der Waals surface area contributed by atoms with Crippen molar-refractivity contribution in [2.24, 2.45) is 17.1 Å². The van der Waals surface area contributed by atoms with Crippen LogP contribution in [0, 0.1) is 11.3 Å². The van der Waals surface area contributed by atoms with Gasteiger partial charge in [0, 0.05) is 12.5 Å². The highest BCUT2D eigenvalue weighted by Gasteiger charge is 2.52. The predicted octanol–water partition coefficient (Wildman–Crippen LogP) is 1.33. The number of amides is 2. The molecule has 0 bridgehead atoms. The molecule has 0 aromatic carbocycles. The number of carbonyl (C=O) groups excluding carboxylic acids is 1. The number of hydrogen-bond acceptors (Lipinski definition) is 3. The van der Waals surface area contributed by atoms with E-state index in [0.717, 1.165) is 0 Å². The third kappa shape index (κ3) is 3.26. The molecule has 1 unspecified atom stereocenters. The summed E-state index contributed by atoms with van der Waals surface area (Å²) in [6.07, 6.45) is -4.81. The Kier molecular flexibility index (Phi) is 4.39. The monoisotopic (exact) mass is 309 g/mol. The number of nitrogens with two attached hydrogens (primary N) is 1. The van der Waals surface area contributed by atoms with Crippen molar-refractivity contribution in [3.8, 4) is 0 Å². The van der Waals surface area contributed by atoms with E-state index in [4.69, 9.17) is 10.5 Å². The maximum Gasteiger partial charge on any atom is 0.408 e. The molecule has 0 aromatic heterocycles. The normalized spacial score (nSPS) is 29.3.